The van der Waals surface area contributed by atoms with Crippen LogP contribution in [0.1, 0.15) is 16.7 Å². The summed E-state index contributed by atoms with van der Waals surface area (Å²) in [5.41, 5.74) is 4.78. The van der Waals surface area contributed by atoms with Crippen molar-refractivity contribution >= 4 is 10.9 Å². The van der Waals surface area contributed by atoms with Gasteiger partial charge in [0.1, 0.15) is 23.9 Å². The Bertz CT molecular complexity index is 1330. The molecule has 0 aliphatic rings. The van der Waals surface area contributed by atoms with Crippen LogP contribution in [0.25, 0.3) is 10.9 Å². The molecule has 0 aliphatic carbocycles. The van der Waals surface area contributed by atoms with E-state index in [0.29, 0.717) is 6.61 Å². The number of aromatic nitrogens is 1. The number of para-hydroxylation sites is 1. The maximum Gasteiger partial charge on any atom is 0.127 e. The largest absolute Gasteiger partial charge is 0.489 e. The van der Waals surface area contributed by atoms with Crippen LogP contribution in [0.3, 0.4) is 0 Å². The van der Waals surface area contributed by atoms with Crippen LogP contribution < -0.4 is 14.8 Å². The SMILES string of the molecule is c1ccc(COc2ccc3[nH]cc(CCNCc4cccc(Oc5ccccc5)c4)c3c2)cc1. The van der Waals surface area contributed by atoms with Gasteiger partial charge in [0.15, 0.2) is 0 Å². The van der Waals surface area contributed by atoms with E-state index < -0.39 is 0 Å². The van der Waals surface area contributed by atoms with Crippen molar-refractivity contribution in [2.45, 2.75) is 19.6 Å². The Hall–Kier alpha value is -4.02. The maximum atomic E-state index is 6.02. The number of hydrogen-bond donors (Lipinski definition) is 2. The lowest BCUT2D eigenvalue weighted by Gasteiger charge is -2.09. The summed E-state index contributed by atoms with van der Waals surface area (Å²) in [4.78, 5) is 3.38. The molecule has 0 spiro atoms. The van der Waals surface area contributed by atoms with Crippen LogP contribution in [-0.2, 0) is 19.6 Å². The molecule has 170 valence electrons. The molecule has 4 aromatic carbocycles. The lowest BCUT2D eigenvalue weighted by molar-refractivity contribution is 0.306. The second-order valence-electron chi connectivity index (χ2n) is 8.28. The molecular weight excluding hydrogens is 420 g/mol. The third-order valence-electron chi connectivity index (χ3n) is 5.76. The number of benzene rings is 4. The Labute approximate surface area is 200 Å². The number of nitrogens with one attached hydrogen (secondary N) is 2. The van der Waals surface area contributed by atoms with E-state index in [1.807, 2.05) is 66.7 Å². The summed E-state index contributed by atoms with van der Waals surface area (Å²) in [6, 6.07) is 34.6. The molecule has 0 saturated carbocycles. The lowest BCUT2D eigenvalue weighted by atomic mass is 10.1. The molecule has 0 saturated heterocycles. The van der Waals surface area contributed by atoms with Gasteiger partial charge in [-0.3, -0.25) is 0 Å². The van der Waals surface area contributed by atoms with E-state index in [-0.39, 0.29) is 0 Å². The third-order valence-corrected chi connectivity index (χ3v) is 5.76. The second kappa shape index (κ2) is 10.7. The molecule has 0 bridgehead atoms. The number of ether oxygens (including phenoxy) is 2. The van der Waals surface area contributed by atoms with Crippen molar-refractivity contribution in [2.24, 2.45) is 0 Å². The molecule has 0 amide bonds. The van der Waals surface area contributed by atoms with Gasteiger partial charge in [0.2, 0.25) is 0 Å². The van der Waals surface area contributed by atoms with Crippen molar-refractivity contribution in [3.8, 4) is 17.2 Å². The minimum Gasteiger partial charge on any atom is -0.489 e. The van der Waals surface area contributed by atoms with Gasteiger partial charge in [-0.25, -0.2) is 0 Å². The van der Waals surface area contributed by atoms with Crippen molar-refractivity contribution in [1.82, 2.24) is 10.3 Å². The number of aromatic amines is 1. The van der Waals surface area contributed by atoms with E-state index in [9.17, 15) is 0 Å². The van der Waals surface area contributed by atoms with E-state index in [4.69, 9.17) is 9.47 Å². The Kier molecular flexibility index (Phi) is 6.88. The minimum absolute atomic E-state index is 0.570. The number of hydrogen-bond acceptors (Lipinski definition) is 3. The third kappa shape index (κ3) is 5.66. The zero-order valence-electron chi connectivity index (χ0n) is 19.0. The Morgan fingerprint density at radius 1 is 0.676 bits per heavy atom. The fourth-order valence-electron chi connectivity index (χ4n) is 3.99. The molecule has 5 rings (SSSR count). The van der Waals surface area contributed by atoms with Gasteiger partial charge >= 0.3 is 0 Å². The maximum absolute atomic E-state index is 6.02. The van der Waals surface area contributed by atoms with Crippen molar-refractivity contribution in [3.63, 3.8) is 0 Å². The van der Waals surface area contributed by atoms with Gasteiger partial charge in [-0.05, 0) is 72.1 Å². The second-order valence-corrected chi connectivity index (χ2v) is 8.28. The number of H-pyrrole nitrogens is 1. The predicted molar refractivity (Wildman–Crippen MR) is 137 cm³/mol. The van der Waals surface area contributed by atoms with Gasteiger partial charge in [-0.15, -0.1) is 0 Å². The quantitative estimate of drug-likeness (QED) is 0.229. The van der Waals surface area contributed by atoms with Crippen LogP contribution in [0.2, 0.25) is 0 Å². The van der Waals surface area contributed by atoms with Crippen LogP contribution in [0.15, 0.2) is 109 Å². The van der Waals surface area contributed by atoms with Gasteiger partial charge < -0.3 is 19.8 Å². The van der Waals surface area contributed by atoms with Crippen molar-refractivity contribution in [1.29, 1.82) is 0 Å². The highest BCUT2D eigenvalue weighted by molar-refractivity contribution is 5.84. The average molecular weight is 449 g/mol. The van der Waals surface area contributed by atoms with Crippen LogP contribution in [0.4, 0.5) is 0 Å². The summed E-state index contributed by atoms with van der Waals surface area (Å²) in [5, 5.41) is 4.77. The summed E-state index contributed by atoms with van der Waals surface area (Å²) in [7, 11) is 0. The monoisotopic (exact) mass is 448 g/mol. The van der Waals surface area contributed by atoms with Crippen LogP contribution in [0.5, 0.6) is 17.2 Å². The van der Waals surface area contributed by atoms with E-state index in [1.54, 1.807) is 0 Å². The molecule has 0 atom stereocenters. The highest BCUT2D eigenvalue weighted by Crippen LogP contribution is 2.25. The molecule has 0 radical (unpaired) electrons. The molecule has 4 nitrogen and oxygen atoms in total. The van der Waals surface area contributed by atoms with Gasteiger partial charge in [0.05, 0.1) is 0 Å². The van der Waals surface area contributed by atoms with Crippen LogP contribution >= 0.6 is 0 Å². The Balaban J connectivity index is 1.15. The molecule has 1 heterocycles. The van der Waals surface area contributed by atoms with Crippen molar-refractivity contribution in [3.05, 3.63) is 126 Å². The number of fused-ring (bicyclic) bond motifs is 1. The molecule has 0 fully saturated rings. The zero-order chi connectivity index (χ0) is 23.0. The topological polar surface area (TPSA) is 46.3 Å². The normalized spacial score (nSPS) is 10.9. The first-order valence-corrected chi connectivity index (χ1v) is 11.6. The van der Waals surface area contributed by atoms with E-state index in [2.05, 4.69) is 52.9 Å². The molecular formula is C30H28N2O2. The predicted octanol–water partition coefficient (Wildman–Crippen LogP) is 6.87. The molecule has 0 aliphatic heterocycles. The molecule has 0 unspecified atom stereocenters. The van der Waals surface area contributed by atoms with Crippen LogP contribution in [-0.4, -0.2) is 11.5 Å². The molecule has 2 N–H and O–H groups in total. The molecule has 4 heteroatoms. The molecule has 1 aromatic heterocycles. The van der Waals surface area contributed by atoms with E-state index >= 15 is 0 Å². The fraction of sp³-hybridized carbons (Fsp3) is 0.133. The summed E-state index contributed by atoms with van der Waals surface area (Å²) >= 11 is 0. The Morgan fingerprint density at radius 3 is 2.29 bits per heavy atom. The first-order valence-electron chi connectivity index (χ1n) is 11.6. The minimum atomic E-state index is 0.570. The van der Waals surface area contributed by atoms with Crippen molar-refractivity contribution < 1.29 is 9.47 Å². The van der Waals surface area contributed by atoms with Gasteiger partial charge in [-0.2, -0.15) is 0 Å². The van der Waals surface area contributed by atoms with E-state index in [1.165, 1.54) is 22.1 Å². The standard InChI is InChI=1S/C30H28N2O2/c1-3-8-23(9-4-1)22-33-27-14-15-30-29(19-27)25(21-32-30)16-17-31-20-24-10-7-13-28(18-24)34-26-11-5-2-6-12-26/h1-15,18-19,21,31-32H,16-17,20,22H2. The smallest absolute Gasteiger partial charge is 0.127 e. The van der Waals surface area contributed by atoms with Gasteiger partial charge in [-0.1, -0.05) is 60.7 Å². The summed E-state index contributed by atoms with van der Waals surface area (Å²) in [6.45, 7) is 2.24. The summed E-state index contributed by atoms with van der Waals surface area (Å²) < 4.78 is 12.0. The summed E-state index contributed by atoms with van der Waals surface area (Å²) in [6.07, 6.45) is 3.03. The first kappa shape index (κ1) is 21.8. The zero-order valence-corrected chi connectivity index (χ0v) is 19.0. The highest BCUT2D eigenvalue weighted by Gasteiger charge is 2.06. The fourth-order valence-corrected chi connectivity index (χ4v) is 3.99. The lowest BCUT2D eigenvalue weighted by Crippen LogP contribution is -2.16. The first-order chi connectivity index (χ1) is 16.8. The number of rotatable bonds is 10. The Morgan fingerprint density at radius 2 is 1.44 bits per heavy atom. The molecule has 5 aromatic rings. The van der Waals surface area contributed by atoms with Crippen LogP contribution in [0, 0.1) is 0 Å². The van der Waals surface area contributed by atoms with Gasteiger partial charge in [0.25, 0.3) is 0 Å². The van der Waals surface area contributed by atoms with Gasteiger partial charge in [0, 0.05) is 23.6 Å². The van der Waals surface area contributed by atoms with Crippen molar-refractivity contribution in [2.75, 3.05) is 6.54 Å². The molecule has 34 heavy (non-hydrogen) atoms. The highest BCUT2D eigenvalue weighted by atomic mass is 16.5. The summed E-state index contributed by atoms with van der Waals surface area (Å²) in [5.74, 6) is 2.59. The van der Waals surface area contributed by atoms with E-state index in [0.717, 1.165) is 42.3 Å². The average Bonchev–Trinajstić information content (AvgIpc) is 3.29.